The van der Waals surface area contributed by atoms with E-state index in [0.717, 1.165) is 12.8 Å². The van der Waals surface area contributed by atoms with Crippen LogP contribution in [0.25, 0.3) is 0 Å². The summed E-state index contributed by atoms with van der Waals surface area (Å²) in [4.78, 5) is 11.2. The van der Waals surface area contributed by atoms with E-state index >= 15 is 0 Å². The molecule has 0 spiro atoms. The van der Waals surface area contributed by atoms with Crippen molar-refractivity contribution in [2.45, 2.75) is 73.0 Å². The number of carbonyl (C=O) groups is 1. The van der Waals surface area contributed by atoms with Gasteiger partial charge in [0.15, 0.2) is 0 Å². The lowest BCUT2D eigenvalue weighted by Gasteiger charge is -2.51. The summed E-state index contributed by atoms with van der Waals surface area (Å²) in [5.41, 5.74) is -0.744. The maximum atomic E-state index is 11.2. The average molecular weight is 300 g/mol. The van der Waals surface area contributed by atoms with Gasteiger partial charge in [-0.25, -0.2) is 0 Å². The van der Waals surface area contributed by atoms with Crippen LogP contribution in [-0.4, -0.2) is 36.0 Å². The Morgan fingerprint density at radius 3 is 2.05 bits per heavy atom. The van der Waals surface area contributed by atoms with Gasteiger partial charge < -0.3 is 14.6 Å². The molecule has 4 heteroatoms. The monoisotopic (exact) mass is 300 g/mol. The maximum Gasteiger partial charge on any atom is 0.302 e. The lowest BCUT2D eigenvalue weighted by Crippen LogP contribution is -2.49. The molecule has 1 aliphatic rings. The summed E-state index contributed by atoms with van der Waals surface area (Å²) in [5.74, 6) is 0.155. The first-order chi connectivity index (χ1) is 9.33. The first kappa shape index (κ1) is 18.4. The molecule has 124 valence electrons. The van der Waals surface area contributed by atoms with E-state index in [1.807, 2.05) is 0 Å². The van der Waals surface area contributed by atoms with Crippen molar-refractivity contribution < 1.29 is 19.4 Å². The summed E-state index contributed by atoms with van der Waals surface area (Å²) in [6, 6.07) is 0. The second-order valence-corrected chi connectivity index (χ2v) is 8.50. The second-order valence-electron chi connectivity index (χ2n) is 8.50. The van der Waals surface area contributed by atoms with Gasteiger partial charge in [-0.15, -0.1) is 0 Å². The van der Waals surface area contributed by atoms with Crippen LogP contribution in [0.4, 0.5) is 0 Å². The predicted molar refractivity (Wildman–Crippen MR) is 83.0 cm³/mol. The van der Waals surface area contributed by atoms with Gasteiger partial charge in [0.1, 0.15) is 6.10 Å². The molecule has 0 aromatic rings. The first-order valence-electron chi connectivity index (χ1n) is 7.81. The van der Waals surface area contributed by atoms with E-state index in [4.69, 9.17) is 9.47 Å². The van der Waals surface area contributed by atoms with E-state index in [1.165, 1.54) is 6.92 Å². The zero-order valence-electron chi connectivity index (χ0n) is 14.7. The molecule has 1 saturated carbocycles. The minimum atomic E-state index is -0.802. The minimum Gasteiger partial charge on any atom is -0.463 e. The van der Waals surface area contributed by atoms with Crippen LogP contribution < -0.4 is 0 Å². The van der Waals surface area contributed by atoms with E-state index in [0.29, 0.717) is 19.1 Å². The van der Waals surface area contributed by atoms with Crippen molar-refractivity contribution in [3.05, 3.63) is 0 Å². The Labute approximate surface area is 129 Å². The molecule has 0 heterocycles. The quantitative estimate of drug-likeness (QED) is 0.792. The summed E-state index contributed by atoms with van der Waals surface area (Å²) in [5, 5.41) is 9.77. The lowest BCUT2D eigenvalue weighted by atomic mass is 9.56. The van der Waals surface area contributed by atoms with Crippen LogP contribution in [0.1, 0.15) is 61.3 Å². The van der Waals surface area contributed by atoms with Crippen molar-refractivity contribution in [2.75, 3.05) is 13.2 Å². The van der Waals surface area contributed by atoms with E-state index < -0.39 is 5.60 Å². The third kappa shape index (κ3) is 5.59. The third-order valence-corrected chi connectivity index (χ3v) is 4.47. The van der Waals surface area contributed by atoms with Gasteiger partial charge in [0, 0.05) is 6.92 Å². The van der Waals surface area contributed by atoms with Crippen LogP contribution in [0.5, 0.6) is 0 Å². The van der Waals surface area contributed by atoms with E-state index in [2.05, 4.69) is 27.7 Å². The molecule has 4 nitrogen and oxygen atoms in total. The van der Waals surface area contributed by atoms with Gasteiger partial charge >= 0.3 is 5.97 Å². The maximum absolute atomic E-state index is 11.2. The normalized spacial score (nSPS) is 28.2. The zero-order chi connectivity index (χ0) is 16.5. The van der Waals surface area contributed by atoms with Crippen LogP contribution >= 0.6 is 0 Å². The number of carbonyl (C=O) groups excluding carboxylic acids is 1. The van der Waals surface area contributed by atoms with Gasteiger partial charge in [0.2, 0.25) is 0 Å². The van der Waals surface area contributed by atoms with E-state index in [-0.39, 0.29) is 22.9 Å². The summed E-state index contributed by atoms with van der Waals surface area (Å²) >= 11 is 0. The molecule has 0 aliphatic heterocycles. The Balaban J connectivity index is 2.73. The number of ether oxygens (including phenoxy) is 2. The highest BCUT2D eigenvalue weighted by Gasteiger charge is 2.48. The van der Waals surface area contributed by atoms with E-state index in [1.54, 1.807) is 13.8 Å². The Bertz CT molecular complexity index is 347. The molecule has 1 rings (SSSR count). The van der Waals surface area contributed by atoms with Gasteiger partial charge in [0.25, 0.3) is 0 Å². The number of aliphatic hydroxyl groups is 1. The fraction of sp³-hybridized carbons (Fsp3) is 0.941. The summed E-state index contributed by atoms with van der Waals surface area (Å²) in [7, 11) is 0. The summed E-state index contributed by atoms with van der Waals surface area (Å²) in [6.45, 7) is 14.8. The van der Waals surface area contributed by atoms with Gasteiger partial charge in [-0.3, -0.25) is 4.79 Å². The molecule has 0 unspecified atom stereocenters. The third-order valence-electron chi connectivity index (χ3n) is 4.47. The Morgan fingerprint density at radius 1 is 1.19 bits per heavy atom. The number of rotatable bonds is 5. The van der Waals surface area contributed by atoms with Crippen LogP contribution in [0.3, 0.4) is 0 Å². The van der Waals surface area contributed by atoms with Crippen LogP contribution in [0.2, 0.25) is 0 Å². The fourth-order valence-electron chi connectivity index (χ4n) is 3.78. The highest BCUT2D eigenvalue weighted by atomic mass is 16.5. The SMILES string of the molecule is CC(=O)OC1CC(C)(C)C(COCC(C)(C)O)C(C)(C)C1. The van der Waals surface area contributed by atoms with Gasteiger partial charge in [-0.1, -0.05) is 27.7 Å². The van der Waals surface area contributed by atoms with E-state index in [9.17, 15) is 9.90 Å². The minimum absolute atomic E-state index is 0.0157. The van der Waals surface area contributed by atoms with Crippen molar-refractivity contribution in [1.82, 2.24) is 0 Å². The first-order valence-corrected chi connectivity index (χ1v) is 7.81. The second kappa shape index (κ2) is 6.25. The number of hydrogen-bond donors (Lipinski definition) is 1. The molecule has 21 heavy (non-hydrogen) atoms. The topological polar surface area (TPSA) is 55.8 Å². The average Bonchev–Trinajstić information content (AvgIpc) is 2.17. The van der Waals surface area contributed by atoms with Gasteiger partial charge in [-0.05, 0) is 43.4 Å². The molecule has 0 bridgehead atoms. The van der Waals surface area contributed by atoms with Crippen LogP contribution in [0.15, 0.2) is 0 Å². The van der Waals surface area contributed by atoms with Crippen molar-refractivity contribution >= 4 is 5.97 Å². The molecule has 0 amide bonds. The number of esters is 1. The molecule has 1 aliphatic carbocycles. The fourth-order valence-corrected chi connectivity index (χ4v) is 3.78. The lowest BCUT2D eigenvalue weighted by molar-refractivity contribution is -0.160. The standard InChI is InChI=1S/C17H32O4/c1-12(18)21-13-8-15(2,3)14(16(4,5)9-13)10-20-11-17(6,7)19/h13-14,19H,8-11H2,1-7H3. The van der Waals surface area contributed by atoms with Crippen LogP contribution in [0, 0.1) is 16.7 Å². The van der Waals surface area contributed by atoms with Crippen molar-refractivity contribution in [3.63, 3.8) is 0 Å². The Morgan fingerprint density at radius 2 is 1.67 bits per heavy atom. The molecule has 0 atom stereocenters. The highest BCUT2D eigenvalue weighted by Crippen LogP contribution is 2.51. The summed E-state index contributed by atoms with van der Waals surface area (Å²) in [6.07, 6.45) is 1.69. The van der Waals surface area contributed by atoms with Gasteiger partial charge in [0.05, 0.1) is 18.8 Å². The Kier molecular flexibility index (Phi) is 5.49. The van der Waals surface area contributed by atoms with Crippen molar-refractivity contribution in [1.29, 1.82) is 0 Å². The highest BCUT2D eigenvalue weighted by molar-refractivity contribution is 5.66. The molecule has 1 N–H and O–H groups in total. The van der Waals surface area contributed by atoms with Crippen LogP contribution in [-0.2, 0) is 14.3 Å². The largest absolute Gasteiger partial charge is 0.463 e. The summed E-state index contributed by atoms with van der Waals surface area (Å²) < 4.78 is 11.2. The van der Waals surface area contributed by atoms with Crippen molar-refractivity contribution in [2.24, 2.45) is 16.7 Å². The smallest absolute Gasteiger partial charge is 0.302 e. The predicted octanol–water partition coefficient (Wildman–Crippen LogP) is 3.17. The molecular weight excluding hydrogens is 268 g/mol. The number of hydrogen-bond acceptors (Lipinski definition) is 4. The molecule has 0 saturated heterocycles. The molecular formula is C17H32O4. The van der Waals surface area contributed by atoms with Gasteiger partial charge in [-0.2, -0.15) is 0 Å². The zero-order valence-corrected chi connectivity index (χ0v) is 14.7. The molecule has 0 radical (unpaired) electrons. The molecule has 0 aromatic heterocycles. The Hall–Kier alpha value is -0.610. The van der Waals surface area contributed by atoms with Crippen molar-refractivity contribution in [3.8, 4) is 0 Å². The molecule has 1 fully saturated rings. The molecule has 0 aromatic carbocycles.